The Bertz CT molecular complexity index is 612. The van der Waals surface area contributed by atoms with Crippen molar-refractivity contribution in [3.63, 3.8) is 0 Å². The number of nitrogens with one attached hydrogen (secondary N) is 1. The van der Waals surface area contributed by atoms with E-state index in [0.717, 1.165) is 20.2 Å². The van der Waals surface area contributed by atoms with E-state index >= 15 is 0 Å². The van der Waals surface area contributed by atoms with Crippen LogP contribution in [-0.4, -0.2) is 105 Å². The van der Waals surface area contributed by atoms with E-state index in [9.17, 15) is 19.5 Å². The number of methoxy groups -OCH3 is 2. The molecule has 0 aromatic rings. The highest BCUT2D eigenvalue weighted by Crippen LogP contribution is 2.33. The maximum atomic E-state index is 11.9. The van der Waals surface area contributed by atoms with E-state index in [1.54, 1.807) is 25.7 Å². The van der Waals surface area contributed by atoms with Gasteiger partial charge in [-0.3, -0.25) is 9.59 Å². The first-order chi connectivity index (χ1) is 15.5. The molecule has 0 spiro atoms. The van der Waals surface area contributed by atoms with Crippen molar-refractivity contribution in [3.8, 4) is 0 Å². The number of hydrogen-bond donors (Lipinski definition) is 4. The minimum Gasteiger partial charge on any atom is -0.469 e. The number of hydrogen-bond acceptors (Lipinski definition) is 10. The smallest absolute Gasteiger partial charge is 0.410 e. The van der Waals surface area contributed by atoms with Gasteiger partial charge in [0, 0.05) is 20.2 Å². The van der Waals surface area contributed by atoms with E-state index in [2.05, 4.69) is 10.1 Å². The summed E-state index contributed by atoms with van der Waals surface area (Å²) in [6.45, 7) is 7.35. The van der Waals surface area contributed by atoms with Gasteiger partial charge in [0.05, 0.1) is 38.3 Å². The molecule has 0 radical (unpaired) electrons. The van der Waals surface area contributed by atoms with Crippen molar-refractivity contribution in [1.82, 2.24) is 10.2 Å². The van der Waals surface area contributed by atoms with Crippen molar-refractivity contribution < 1.29 is 43.9 Å². The van der Waals surface area contributed by atoms with E-state index in [0.29, 0.717) is 38.8 Å². The molecule has 2 aliphatic rings. The predicted molar refractivity (Wildman–Crippen MR) is 128 cm³/mol. The lowest BCUT2D eigenvalue weighted by Crippen LogP contribution is -2.49. The molecule has 2 aliphatic heterocycles. The number of halogens is 1. The zero-order valence-electron chi connectivity index (χ0n) is 21.2. The molecule has 0 aromatic heterocycles. The van der Waals surface area contributed by atoms with E-state index in [-0.39, 0.29) is 37.7 Å². The van der Waals surface area contributed by atoms with Crippen LogP contribution in [0.15, 0.2) is 0 Å². The molecule has 202 valence electrons. The van der Waals surface area contributed by atoms with Gasteiger partial charge in [0.1, 0.15) is 5.60 Å². The molecule has 12 heteroatoms. The van der Waals surface area contributed by atoms with Crippen LogP contribution in [0.2, 0.25) is 0 Å². The minimum atomic E-state index is -0.882. The lowest BCUT2D eigenvalue weighted by molar-refractivity contribution is -0.159. The third-order valence-electron chi connectivity index (χ3n) is 5.78. The fraction of sp³-hybridized carbons (Fsp3) is 0.864. The average Bonchev–Trinajstić information content (AvgIpc) is 2.84. The van der Waals surface area contributed by atoms with Gasteiger partial charge in [-0.25, -0.2) is 4.79 Å². The highest BCUT2D eigenvalue weighted by atomic mass is 35.5. The number of esters is 2. The predicted octanol–water partition coefficient (Wildman–Crippen LogP) is 0.721. The quantitative estimate of drug-likeness (QED) is 0.311. The van der Waals surface area contributed by atoms with Gasteiger partial charge in [0.15, 0.2) is 0 Å². The molecule has 11 nitrogen and oxygen atoms in total. The van der Waals surface area contributed by atoms with Crippen molar-refractivity contribution in [2.45, 2.75) is 52.1 Å². The first-order valence-corrected chi connectivity index (χ1v) is 11.0. The molecule has 0 unspecified atom stereocenters. The maximum absolute atomic E-state index is 11.9. The van der Waals surface area contributed by atoms with Gasteiger partial charge in [-0.2, -0.15) is 0 Å². The van der Waals surface area contributed by atoms with Gasteiger partial charge in [-0.1, -0.05) is 0 Å². The Morgan fingerprint density at radius 2 is 1.24 bits per heavy atom. The van der Waals surface area contributed by atoms with Crippen LogP contribution < -0.4 is 5.32 Å². The summed E-state index contributed by atoms with van der Waals surface area (Å²) >= 11 is 0. The SMILES string of the molecule is CO.COC(=O)C1(CO)CCN(C(=O)OC(C)(C)C)CC1.COC(=O)C1(CO)CCNCC1.Cl. The number of aliphatic hydroxyl groups excluding tert-OH is 3. The molecule has 0 aromatic carbocycles. The van der Waals surface area contributed by atoms with Crippen LogP contribution in [0, 0.1) is 10.8 Å². The summed E-state index contributed by atoms with van der Waals surface area (Å²) in [5.41, 5.74) is -2.06. The topological polar surface area (TPSA) is 155 Å². The number of likely N-dealkylation sites (tertiary alicyclic amines) is 1. The Balaban J connectivity index is 0. The number of nitrogens with zero attached hydrogens (tertiary/aromatic N) is 1. The summed E-state index contributed by atoms with van der Waals surface area (Å²) in [5, 5.41) is 28.7. The van der Waals surface area contributed by atoms with Crippen molar-refractivity contribution in [1.29, 1.82) is 0 Å². The Labute approximate surface area is 208 Å². The monoisotopic (exact) mass is 514 g/mol. The van der Waals surface area contributed by atoms with Gasteiger partial charge in [-0.15, -0.1) is 12.4 Å². The molecule has 0 bridgehead atoms. The van der Waals surface area contributed by atoms with Gasteiger partial charge in [0.25, 0.3) is 0 Å². The fourth-order valence-corrected chi connectivity index (χ4v) is 3.64. The molecule has 0 atom stereocenters. The van der Waals surface area contributed by atoms with Crippen LogP contribution in [0.3, 0.4) is 0 Å². The largest absolute Gasteiger partial charge is 0.469 e. The maximum Gasteiger partial charge on any atom is 0.410 e. The van der Waals surface area contributed by atoms with Gasteiger partial charge < -0.3 is 39.7 Å². The summed E-state index contributed by atoms with van der Waals surface area (Å²) in [6, 6.07) is 0. The number of carbonyl (C=O) groups is 3. The van der Waals surface area contributed by atoms with Crippen LogP contribution >= 0.6 is 12.4 Å². The molecule has 2 saturated heterocycles. The zero-order chi connectivity index (χ0) is 25.7. The van der Waals surface area contributed by atoms with E-state index in [4.69, 9.17) is 19.7 Å². The summed E-state index contributed by atoms with van der Waals surface area (Å²) in [7, 11) is 3.67. The van der Waals surface area contributed by atoms with Crippen molar-refractivity contribution in [2.24, 2.45) is 10.8 Å². The highest BCUT2D eigenvalue weighted by Gasteiger charge is 2.43. The molecule has 2 heterocycles. The highest BCUT2D eigenvalue weighted by molar-refractivity contribution is 5.85. The third-order valence-corrected chi connectivity index (χ3v) is 5.78. The number of ether oxygens (including phenoxy) is 3. The lowest BCUT2D eigenvalue weighted by Gasteiger charge is -2.38. The Hall–Kier alpha value is -1.66. The van der Waals surface area contributed by atoms with E-state index < -0.39 is 22.4 Å². The summed E-state index contributed by atoms with van der Waals surface area (Å²) in [4.78, 5) is 36.5. The minimum absolute atomic E-state index is 0. The van der Waals surface area contributed by atoms with Crippen LogP contribution in [0.25, 0.3) is 0 Å². The fourth-order valence-electron chi connectivity index (χ4n) is 3.64. The normalized spacial score (nSPS) is 18.4. The third kappa shape index (κ3) is 9.91. The molecule has 2 fully saturated rings. The lowest BCUT2D eigenvalue weighted by atomic mass is 9.79. The summed E-state index contributed by atoms with van der Waals surface area (Å²) in [5.74, 6) is -0.703. The second-order valence-electron chi connectivity index (χ2n) is 9.08. The number of amides is 1. The first-order valence-electron chi connectivity index (χ1n) is 11.0. The average molecular weight is 515 g/mol. The molecule has 1 amide bonds. The molecule has 0 saturated carbocycles. The van der Waals surface area contributed by atoms with Crippen molar-refractivity contribution in [2.75, 3.05) is 60.7 Å². The standard InChI is InChI=1S/C13H23NO5.C8H15NO3.CH4O.ClH/c1-12(2,3)19-11(17)14-7-5-13(9-15,6-8-14)10(16)18-4;1-12-7(11)8(6-10)2-4-9-5-3-8;1-2;/h15H,5-9H2,1-4H3;9-10H,2-6H2,1H3;2H,1H3;1H. The Kier molecular flexibility index (Phi) is 16.3. The van der Waals surface area contributed by atoms with Crippen LogP contribution in [0.1, 0.15) is 46.5 Å². The second-order valence-corrected chi connectivity index (χ2v) is 9.08. The Morgan fingerprint density at radius 3 is 1.56 bits per heavy atom. The van der Waals surface area contributed by atoms with Gasteiger partial charge >= 0.3 is 18.0 Å². The zero-order valence-corrected chi connectivity index (χ0v) is 22.0. The number of aliphatic hydroxyl groups is 3. The van der Waals surface area contributed by atoms with Crippen molar-refractivity contribution in [3.05, 3.63) is 0 Å². The molecule has 0 aliphatic carbocycles. The summed E-state index contributed by atoms with van der Waals surface area (Å²) in [6.07, 6.45) is 1.71. The molecule has 34 heavy (non-hydrogen) atoms. The van der Waals surface area contributed by atoms with Gasteiger partial charge in [0.2, 0.25) is 0 Å². The number of carbonyl (C=O) groups excluding carboxylic acids is 3. The first kappa shape index (κ1) is 34.5. The number of rotatable bonds is 4. The second kappa shape index (κ2) is 16.1. The van der Waals surface area contributed by atoms with Crippen molar-refractivity contribution >= 4 is 30.4 Å². The Morgan fingerprint density at radius 1 is 0.853 bits per heavy atom. The van der Waals surface area contributed by atoms with E-state index in [1.807, 2.05) is 0 Å². The van der Waals surface area contributed by atoms with Crippen LogP contribution in [0.5, 0.6) is 0 Å². The molecular weight excluding hydrogens is 472 g/mol. The summed E-state index contributed by atoms with van der Waals surface area (Å²) < 4.78 is 14.7. The van der Waals surface area contributed by atoms with Gasteiger partial charge in [-0.05, 0) is 59.5 Å². The van der Waals surface area contributed by atoms with Crippen LogP contribution in [0.4, 0.5) is 4.79 Å². The number of piperidine rings is 2. The molecular formula is C22H43ClN2O9. The molecule has 2 rings (SSSR count). The van der Waals surface area contributed by atoms with Crippen LogP contribution in [-0.2, 0) is 23.8 Å². The molecule has 4 N–H and O–H groups in total. The van der Waals surface area contributed by atoms with E-state index in [1.165, 1.54) is 14.2 Å².